The molecule has 6 nitrogen and oxygen atoms in total. The Kier molecular flexibility index (Phi) is 2.40. The first-order valence-corrected chi connectivity index (χ1v) is 4.36. The minimum atomic E-state index is -0.342. The van der Waals surface area contributed by atoms with Gasteiger partial charge in [0.15, 0.2) is 0 Å². The van der Waals surface area contributed by atoms with E-state index in [2.05, 4.69) is 25.5 Å². The molecular formula is C9H9N5O. The van der Waals surface area contributed by atoms with E-state index in [1.54, 1.807) is 31.5 Å². The van der Waals surface area contributed by atoms with Crippen molar-refractivity contribution in [2.45, 2.75) is 6.92 Å². The maximum atomic E-state index is 11.6. The molecule has 76 valence electrons. The van der Waals surface area contributed by atoms with Crippen LogP contribution in [0, 0.1) is 6.92 Å². The van der Waals surface area contributed by atoms with E-state index in [1.165, 1.54) is 0 Å². The van der Waals surface area contributed by atoms with Crippen LogP contribution in [0.3, 0.4) is 0 Å². The average molecular weight is 203 g/mol. The Morgan fingerprint density at radius 2 is 2.13 bits per heavy atom. The number of hydrogen-bond acceptors (Lipinski definition) is 4. The number of hydrogen-bond donors (Lipinski definition) is 2. The molecule has 0 saturated heterocycles. The number of carbonyl (C=O) groups is 1. The minimum absolute atomic E-state index is 0.129. The first-order chi connectivity index (χ1) is 7.25. The fourth-order valence-electron chi connectivity index (χ4n) is 1.07. The zero-order valence-electron chi connectivity index (χ0n) is 8.06. The highest BCUT2D eigenvalue weighted by Gasteiger charge is 2.10. The maximum Gasteiger partial charge on any atom is 0.295 e. The minimum Gasteiger partial charge on any atom is -0.319 e. The standard InChI is InChI=1S/C9H9N5O/c1-6-11-8(14-13-6)9(15)12-7-2-4-10-5-3-7/h2-5H,1H3,(H,10,12,15)(H,11,13,14). The lowest BCUT2D eigenvalue weighted by Gasteiger charge is -2.00. The quantitative estimate of drug-likeness (QED) is 0.754. The Morgan fingerprint density at radius 3 is 2.73 bits per heavy atom. The first kappa shape index (κ1) is 9.32. The monoisotopic (exact) mass is 203 g/mol. The Hall–Kier alpha value is -2.24. The van der Waals surface area contributed by atoms with Crippen LogP contribution >= 0.6 is 0 Å². The van der Waals surface area contributed by atoms with Crippen molar-refractivity contribution in [2.24, 2.45) is 0 Å². The van der Waals surface area contributed by atoms with Crippen LogP contribution in [0.5, 0.6) is 0 Å². The molecule has 0 fully saturated rings. The molecule has 0 unspecified atom stereocenters. The van der Waals surface area contributed by atoms with Crippen LogP contribution in [0.1, 0.15) is 16.4 Å². The highest BCUT2D eigenvalue weighted by atomic mass is 16.2. The molecule has 2 heterocycles. The number of nitrogens with one attached hydrogen (secondary N) is 2. The van der Waals surface area contributed by atoms with Gasteiger partial charge < -0.3 is 5.32 Å². The molecule has 2 aromatic rings. The molecule has 15 heavy (non-hydrogen) atoms. The van der Waals surface area contributed by atoms with Gasteiger partial charge in [0.1, 0.15) is 5.82 Å². The predicted molar refractivity (Wildman–Crippen MR) is 53.3 cm³/mol. The number of amides is 1. The Morgan fingerprint density at radius 1 is 1.40 bits per heavy atom. The van der Waals surface area contributed by atoms with Gasteiger partial charge >= 0.3 is 0 Å². The molecule has 2 rings (SSSR count). The summed E-state index contributed by atoms with van der Waals surface area (Å²) >= 11 is 0. The first-order valence-electron chi connectivity index (χ1n) is 4.36. The van der Waals surface area contributed by atoms with Gasteiger partial charge in [0.05, 0.1) is 0 Å². The lowest BCUT2D eigenvalue weighted by Crippen LogP contribution is -2.13. The number of rotatable bonds is 2. The van der Waals surface area contributed by atoms with Gasteiger partial charge in [-0.3, -0.25) is 14.9 Å². The highest BCUT2D eigenvalue weighted by molar-refractivity contribution is 6.01. The molecule has 0 bridgehead atoms. The molecule has 0 aliphatic carbocycles. The van der Waals surface area contributed by atoms with Crippen molar-refractivity contribution >= 4 is 11.6 Å². The van der Waals surface area contributed by atoms with Crippen molar-refractivity contribution in [3.8, 4) is 0 Å². The summed E-state index contributed by atoms with van der Waals surface area (Å²) in [5.74, 6) is 0.393. The van der Waals surface area contributed by atoms with Gasteiger partial charge in [-0.05, 0) is 19.1 Å². The maximum absolute atomic E-state index is 11.6. The molecule has 0 radical (unpaired) electrons. The molecule has 2 aromatic heterocycles. The van der Waals surface area contributed by atoms with Crippen molar-refractivity contribution < 1.29 is 4.79 Å². The van der Waals surface area contributed by atoms with Gasteiger partial charge in [0, 0.05) is 18.1 Å². The zero-order chi connectivity index (χ0) is 10.7. The van der Waals surface area contributed by atoms with Crippen molar-refractivity contribution in [1.29, 1.82) is 0 Å². The third-order valence-corrected chi connectivity index (χ3v) is 1.74. The molecule has 2 N–H and O–H groups in total. The van der Waals surface area contributed by atoms with Crippen LogP contribution in [-0.2, 0) is 0 Å². The van der Waals surface area contributed by atoms with Crippen molar-refractivity contribution in [3.63, 3.8) is 0 Å². The van der Waals surface area contributed by atoms with Gasteiger partial charge in [-0.1, -0.05) is 0 Å². The second-order valence-electron chi connectivity index (χ2n) is 2.93. The van der Waals surface area contributed by atoms with Crippen LogP contribution < -0.4 is 5.32 Å². The van der Waals surface area contributed by atoms with Crippen LogP contribution in [0.2, 0.25) is 0 Å². The number of aromatic amines is 1. The third-order valence-electron chi connectivity index (χ3n) is 1.74. The van der Waals surface area contributed by atoms with E-state index < -0.39 is 0 Å². The summed E-state index contributed by atoms with van der Waals surface area (Å²) in [4.78, 5) is 19.3. The summed E-state index contributed by atoms with van der Waals surface area (Å²) in [7, 11) is 0. The average Bonchev–Trinajstić information content (AvgIpc) is 2.66. The molecule has 0 aromatic carbocycles. The largest absolute Gasteiger partial charge is 0.319 e. The molecule has 6 heteroatoms. The van der Waals surface area contributed by atoms with Gasteiger partial charge in [-0.2, -0.15) is 0 Å². The van der Waals surface area contributed by atoms with Crippen molar-refractivity contribution in [1.82, 2.24) is 20.2 Å². The molecule has 1 amide bonds. The summed E-state index contributed by atoms with van der Waals surface area (Å²) in [6.45, 7) is 1.73. The summed E-state index contributed by atoms with van der Waals surface area (Å²) in [6, 6.07) is 3.38. The van der Waals surface area contributed by atoms with E-state index in [-0.39, 0.29) is 11.7 Å². The lowest BCUT2D eigenvalue weighted by atomic mass is 10.4. The van der Waals surface area contributed by atoms with Gasteiger partial charge in [-0.25, -0.2) is 4.98 Å². The van der Waals surface area contributed by atoms with Crippen molar-refractivity contribution in [2.75, 3.05) is 5.32 Å². The third kappa shape index (κ3) is 2.16. The van der Waals surface area contributed by atoms with E-state index in [1.807, 2.05) is 0 Å². The summed E-state index contributed by atoms with van der Waals surface area (Å²) in [6.07, 6.45) is 3.19. The van der Waals surface area contributed by atoms with Crippen molar-refractivity contribution in [3.05, 3.63) is 36.2 Å². The molecule has 0 atom stereocenters. The van der Waals surface area contributed by atoms with E-state index in [0.29, 0.717) is 11.5 Å². The van der Waals surface area contributed by atoms with E-state index >= 15 is 0 Å². The molecule has 0 aliphatic heterocycles. The molecule has 0 aliphatic rings. The number of carbonyl (C=O) groups excluding carboxylic acids is 1. The summed E-state index contributed by atoms with van der Waals surface area (Å²) in [5.41, 5.74) is 0.664. The van der Waals surface area contributed by atoms with Gasteiger partial charge in [-0.15, -0.1) is 5.10 Å². The Balaban J connectivity index is 2.11. The fraction of sp³-hybridized carbons (Fsp3) is 0.111. The second kappa shape index (κ2) is 3.87. The van der Waals surface area contributed by atoms with Crippen LogP contribution in [0.25, 0.3) is 0 Å². The second-order valence-corrected chi connectivity index (χ2v) is 2.93. The summed E-state index contributed by atoms with van der Waals surface area (Å²) < 4.78 is 0. The Labute approximate surface area is 85.8 Å². The van der Waals surface area contributed by atoms with Gasteiger partial charge in [0.25, 0.3) is 5.91 Å². The number of nitrogens with zero attached hydrogens (tertiary/aromatic N) is 3. The fourth-order valence-corrected chi connectivity index (χ4v) is 1.07. The highest BCUT2D eigenvalue weighted by Crippen LogP contribution is 2.04. The van der Waals surface area contributed by atoms with E-state index in [0.717, 1.165) is 0 Å². The van der Waals surface area contributed by atoms with E-state index in [9.17, 15) is 4.79 Å². The smallest absolute Gasteiger partial charge is 0.295 e. The Bertz CT molecular complexity index is 464. The zero-order valence-corrected chi connectivity index (χ0v) is 8.06. The number of aromatic nitrogens is 4. The molecule has 0 spiro atoms. The topological polar surface area (TPSA) is 83.6 Å². The molecule has 0 saturated carbocycles. The predicted octanol–water partition coefficient (Wildman–Crippen LogP) is 0.760. The van der Waals surface area contributed by atoms with Crippen LogP contribution in [-0.4, -0.2) is 26.1 Å². The number of anilines is 1. The van der Waals surface area contributed by atoms with Crippen LogP contribution in [0.15, 0.2) is 24.5 Å². The summed E-state index contributed by atoms with van der Waals surface area (Å²) in [5, 5.41) is 9.00. The number of aryl methyl sites for hydroxylation is 1. The lowest BCUT2D eigenvalue weighted by molar-refractivity contribution is 0.101. The number of H-pyrrole nitrogens is 1. The normalized spacial score (nSPS) is 9.93. The van der Waals surface area contributed by atoms with E-state index in [4.69, 9.17) is 0 Å². The van der Waals surface area contributed by atoms with Crippen LogP contribution in [0.4, 0.5) is 5.69 Å². The SMILES string of the molecule is Cc1nc(C(=O)Nc2ccncc2)n[nH]1. The molecular weight excluding hydrogens is 194 g/mol. The van der Waals surface area contributed by atoms with Gasteiger partial charge in [0.2, 0.25) is 5.82 Å². The number of pyridine rings is 1.